The number of aromatic nitrogens is 3. The summed E-state index contributed by atoms with van der Waals surface area (Å²) in [6, 6.07) is 14.3. The molecule has 1 fully saturated rings. The predicted molar refractivity (Wildman–Crippen MR) is 115 cm³/mol. The Morgan fingerprint density at radius 1 is 1.12 bits per heavy atom. The Morgan fingerprint density at radius 2 is 1.85 bits per heavy atom. The Kier molecular flexibility index (Phi) is 6.05. The number of rotatable bonds is 4. The van der Waals surface area contributed by atoms with Crippen molar-refractivity contribution >= 4 is 11.6 Å². The molecule has 0 unspecified atom stereocenters. The molecule has 0 bridgehead atoms. The molecule has 0 aliphatic carbocycles. The zero-order chi connectivity index (χ0) is 23.6. The standard InChI is InChI=1S/C23H21F3N6O/c1-16-12-21(23(24,25)26)29-32(16)15-22(33)31-10-8-30(9-11-31)20-5-3-2-4-19(20)17-6-7-18(13-27)28-14-17/h2-7,12,14H,8-11,15H2,1H3. The van der Waals surface area contributed by atoms with E-state index in [1.807, 2.05) is 36.4 Å². The second-order valence-electron chi connectivity index (χ2n) is 7.76. The number of piperazine rings is 1. The maximum Gasteiger partial charge on any atom is 0.435 e. The third kappa shape index (κ3) is 4.82. The van der Waals surface area contributed by atoms with Gasteiger partial charge in [-0.05, 0) is 31.2 Å². The van der Waals surface area contributed by atoms with E-state index in [-0.39, 0.29) is 12.5 Å². The molecule has 1 aromatic carbocycles. The molecule has 4 rings (SSSR count). The largest absolute Gasteiger partial charge is 0.435 e. The summed E-state index contributed by atoms with van der Waals surface area (Å²) in [5, 5.41) is 12.5. The van der Waals surface area contributed by atoms with Crippen molar-refractivity contribution in [1.82, 2.24) is 19.7 Å². The van der Waals surface area contributed by atoms with Crippen LogP contribution in [0.2, 0.25) is 0 Å². The number of carbonyl (C=O) groups is 1. The molecule has 0 atom stereocenters. The number of carbonyl (C=O) groups excluding carboxylic acids is 1. The van der Waals surface area contributed by atoms with Gasteiger partial charge in [0.15, 0.2) is 5.69 Å². The van der Waals surface area contributed by atoms with E-state index in [0.717, 1.165) is 27.6 Å². The third-order valence-corrected chi connectivity index (χ3v) is 5.62. The molecule has 0 saturated carbocycles. The average molecular weight is 454 g/mol. The second kappa shape index (κ2) is 8.94. The van der Waals surface area contributed by atoms with Crippen molar-refractivity contribution in [3.63, 3.8) is 0 Å². The van der Waals surface area contributed by atoms with Crippen molar-refractivity contribution < 1.29 is 18.0 Å². The maximum absolute atomic E-state index is 12.9. The topological polar surface area (TPSA) is 78.0 Å². The molecule has 0 N–H and O–H groups in total. The first-order valence-electron chi connectivity index (χ1n) is 10.4. The van der Waals surface area contributed by atoms with Gasteiger partial charge in [0.1, 0.15) is 18.3 Å². The molecule has 1 aliphatic rings. The zero-order valence-electron chi connectivity index (χ0n) is 17.9. The van der Waals surface area contributed by atoms with Crippen LogP contribution in [0.15, 0.2) is 48.7 Å². The molecule has 170 valence electrons. The fourth-order valence-corrected chi connectivity index (χ4v) is 3.85. The van der Waals surface area contributed by atoms with Gasteiger partial charge in [-0.3, -0.25) is 9.48 Å². The normalized spacial score (nSPS) is 14.3. The van der Waals surface area contributed by atoms with Crippen LogP contribution < -0.4 is 4.90 Å². The minimum atomic E-state index is -4.54. The van der Waals surface area contributed by atoms with Gasteiger partial charge in [0.2, 0.25) is 5.91 Å². The molecule has 0 spiro atoms. The Hall–Kier alpha value is -3.87. The number of hydrogen-bond acceptors (Lipinski definition) is 5. The summed E-state index contributed by atoms with van der Waals surface area (Å²) in [6.45, 7) is 3.34. The van der Waals surface area contributed by atoms with Crippen LogP contribution in [0.3, 0.4) is 0 Å². The number of amides is 1. The fourth-order valence-electron chi connectivity index (χ4n) is 3.85. The molecule has 1 saturated heterocycles. The van der Waals surface area contributed by atoms with Gasteiger partial charge in [0.05, 0.1) is 0 Å². The highest BCUT2D eigenvalue weighted by Gasteiger charge is 2.34. The second-order valence-corrected chi connectivity index (χ2v) is 7.76. The van der Waals surface area contributed by atoms with Gasteiger partial charge in [-0.1, -0.05) is 18.2 Å². The van der Waals surface area contributed by atoms with E-state index in [1.165, 1.54) is 6.92 Å². The number of hydrogen-bond donors (Lipinski definition) is 0. The van der Waals surface area contributed by atoms with Gasteiger partial charge < -0.3 is 9.80 Å². The number of pyridine rings is 1. The smallest absolute Gasteiger partial charge is 0.367 e. The van der Waals surface area contributed by atoms with Crippen LogP contribution in [0.25, 0.3) is 11.1 Å². The summed E-state index contributed by atoms with van der Waals surface area (Å²) >= 11 is 0. The minimum absolute atomic E-state index is 0.227. The Bertz CT molecular complexity index is 1190. The lowest BCUT2D eigenvalue weighted by molar-refractivity contribution is -0.142. The first-order valence-corrected chi connectivity index (χ1v) is 10.4. The Morgan fingerprint density at radius 3 is 2.45 bits per heavy atom. The fraction of sp³-hybridized carbons (Fsp3) is 0.304. The molecule has 10 heteroatoms. The van der Waals surface area contributed by atoms with E-state index in [1.54, 1.807) is 17.2 Å². The Balaban J connectivity index is 1.43. The summed E-state index contributed by atoms with van der Waals surface area (Å²) in [7, 11) is 0. The van der Waals surface area contributed by atoms with E-state index in [4.69, 9.17) is 5.26 Å². The molecule has 0 radical (unpaired) electrons. The number of nitriles is 1. The number of aryl methyl sites for hydroxylation is 1. The number of nitrogens with zero attached hydrogens (tertiary/aromatic N) is 6. The molecule has 3 aromatic rings. The van der Waals surface area contributed by atoms with Crippen LogP contribution in [0.5, 0.6) is 0 Å². The molecule has 1 amide bonds. The van der Waals surface area contributed by atoms with Crippen LogP contribution in [0, 0.1) is 18.3 Å². The van der Waals surface area contributed by atoms with Gasteiger partial charge in [0.25, 0.3) is 0 Å². The van der Waals surface area contributed by atoms with Gasteiger partial charge in [0, 0.05) is 54.9 Å². The van der Waals surface area contributed by atoms with E-state index in [2.05, 4.69) is 15.0 Å². The number of alkyl halides is 3. The molecule has 2 aromatic heterocycles. The Labute approximate surface area is 188 Å². The third-order valence-electron chi connectivity index (χ3n) is 5.62. The molecule has 3 heterocycles. The highest BCUT2D eigenvalue weighted by Crippen LogP contribution is 2.31. The number of halogens is 3. The summed E-state index contributed by atoms with van der Waals surface area (Å²) < 4.78 is 39.7. The molecule has 1 aliphatic heterocycles. The van der Waals surface area contributed by atoms with Crippen LogP contribution in [-0.2, 0) is 17.5 Å². The van der Waals surface area contributed by atoms with Crippen molar-refractivity contribution in [2.75, 3.05) is 31.1 Å². The molecule has 33 heavy (non-hydrogen) atoms. The number of benzene rings is 1. The van der Waals surface area contributed by atoms with Crippen LogP contribution >= 0.6 is 0 Å². The van der Waals surface area contributed by atoms with Crippen molar-refractivity contribution in [3.8, 4) is 17.2 Å². The monoisotopic (exact) mass is 454 g/mol. The first kappa shape index (κ1) is 22.3. The lowest BCUT2D eigenvalue weighted by Crippen LogP contribution is -2.49. The van der Waals surface area contributed by atoms with E-state index in [0.29, 0.717) is 37.6 Å². The number of anilines is 1. The van der Waals surface area contributed by atoms with Crippen molar-refractivity contribution in [2.24, 2.45) is 0 Å². The zero-order valence-corrected chi connectivity index (χ0v) is 17.9. The predicted octanol–water partition coefficient (Wildman–Crippen LogP) is 3.49. The minimum Gasteiger partial charge on any atom is -0.367 e. The maximum atomic E-state index is 12.9. The van der Waals surface area contributed by atoms with Crippen LogP contribution in [0.1, 0.15) is 17.1 Å². The quantitative estimate of drug-likeness (QED) is 0.603. The van der Waals surface area contributed by atoms with Gasteiger partial charge >= 0.3 is 6.18 Å². The SMILES string of the molecule is Cc1cc(C(F)(F)F)nn1CC(=O)N1CCN(c2ccccc2-c2ccc(C#N)nc2)CC1. The summed E-state index contributed by atoms with van der Waals surface area (Å²) in [5.74, 6) is -0.265. The van der Waals surface area contributed by atoms with Crippen molar-refractivity contribution in [1.29, 1.82) is 5.26 Å². The lowest BCUT2D eigenvalue weighted by atomic mass is 10.0. The summed E-state index contributed by atoms with van der Waals surface area (Å²) in [5.41, 5.74) is 2.50. The summed E-state index contributed by atoms with van der Waals surface area (Å²) in [4.78, 5) is 20.7. The lowest BCUT2D eigenvalue weighted by Gasteiger charge is -2.37. The molecular formula is C23H21F3N6O. The van der Waals surface area contributed by atoms with Crippen molar-refractivity contribution in [3.05, 3.63) is 65.7 Å². The van der Waals surface area contributed by atoms with Crippen LogP contribution in [0.4, 0.5) is 18.9 Å². The van der Waals surface area contributed by atoms with Gasteiger partial charge in [-0.2, -0.15) is 23.5 Å². The highest BCUT2D eigenvalue weighted by atomic mass is 19.4. The van der Waals surface area contributed by atoms with Gasteiger partial charge in [-0.25, -0.2) is 4.98 Å². The van der Waals surface area contributed by atoms with Crippen molar-refractivity contribution in [2.45, 2.75) is 19.6 Å². The van der Waals surface area contributed by atoms with E-state index in [9.17, 15) is 18.0 Å². The average Bonchev–Trinajstić information content (AvgIpc) is 3.20. The summed E-state index contributed by atoms with van der Waals surface area (Å²) in [6.07, 6.45) is -2.87. The van der Waals surface area contributed by atoms with Gasteiger partial charge in [-0.15, -0.1) is 0 Å². The van der Waals surface area contributed by atoms with E-state index >= 15 is 0 Å². The molecule has 7 nitrogen and oxygen atoms in total. The van der Waals surface area contributed by atoms with Crippen LogP contribution in [-0.4, -0.2) is 51.8 Å². The first-order chi connectivity index (χ1) is 15.8. The number of para-hydroxylation sites is 1. The van der Waals surface area contributed by atoms with E-state index < -0.39 is 11.9 Å². The highest BCUT2D eigenvalue weighted by molar-refractivity contribution is 5.79. The molecular weight excluding hydrogens is 433 g/mol.